The molecular formula is C17H15ClO2. The monoisotopic (exact) mass is 286 g/mol. The van der Waals surface area contributed by atoms with Crippen molar-refractivity contribution < 1.29 is 9.84 Å². The van der Waals surface area contributed by atoms with E-state index in [0.29, 0.717) is 10.8 Å². The maximum atomic E-state index is 9.46. The van der Waals surface area contributed by atoms with E-state index in [-0.39, 0.29) is 6.61 Å². The van der Waals surface area contributed by atoms with Gasteiger partial charge < -0.3 is 9.84 Å². The molecule has 0 aliphatic carbocycles. The van der Waals surface area contributed by atoms with Crippen LogP contribution in [0, 0.1) is 11.8 Å². The van der Waals surface area contributed by atoms with Crippen LogP contribution in [-0.4, -0.2) is 11.7 Å². The Morgan fingerprint density at radius 2 is 1.95 bits per heavy atom. The fraction of sp³-hybridized carbons (Fsp3) is 0.176. The van der Waals surface area contributed by atoms with E-state index < -0.39 is 6.10 Å². The Morgan fingerprint density at radius 3 is 2.60 bits per heavy atom. The topological polar surface area (TPSA) is 29.5 Å². The molecular weight excluding hydrogens is 272 g/mol. The second kappa shape index (κ2) is 7.00. The first-order valence-corrected chi connectivity index (χ1v) is 6.69. The quantitative estimate of drug-likeness (QED) is 0.869. The largest absolute Gasteiger partial charge is 0.479 e. The van der Waals surface area contributed by atoms with Crippen molar-refractivity contribution in [3.05, 3.63) is 64.7 Å². The van der Waals surface area contributed by atoms with Gasteiger partial charge in [0, 0.05) is 5.56 Å². The maximum absolute atomic E-state index is 9.46. The molecule has 0 heterocycles. The molecule has 2 nitrogen and oxygen atoms in total. The summed E-state index contributed by atoms with van der Waals surface area (Å²) in [6.45, 7) is 1.96. The van der Waals surface area contributed by atoms with Crippen LogP contribution in [-0.2, 0) is 0 Å². The number of hydrogen-bond acceptors (Lipinski definition) is 2. The first-order chi connectivity index (χ1) is 9.66. The van der Waals surface area contributed by atoms with Crippen molar-refractivity contribution >= 4 is 11.6 Å². The van der Waals surface area contributed by atoms with Gasteiger partial charge in [-0.2, -0.15) is 0 Å². The third kappa shape index (κ3) is 4.03. The average Bonchev–Trinajstić information content (AvgIpc) is 2.46. The molecule has 0 fully saturated rings. The Morgan fingerprint density at radius 1 is 1.20 bits per heavy atom. The number of aliphatic hydroxyl groups is 1. The summed E-state index contributed by atoms with van der Waals surface area (Å²) in [5.74, 6) is 6.51. The first-order valence-electron chi connectivity index (χ1n) is 6.31. The van der Waals surface area contributed by atoms with Crippen LogP contribution in [0.4, 0.5) is 0 Å². The van der Waals surface area contributed by atoms with Crippen molar-refractivity contribution in [2.45, 2.75) is 13.0 Å². The lowest BCUT2D eigenvalue weighted by molar-refractivity contribution is 0.199. The number of benzene rings is 2. The summed E-state index contributed by atoms with van der Waals surface area (Å²) < 4.78 is 5.51. The highest BCUT2D eigenvalue weighted by Crippen LogP contribution is 2.27. The van der Waals surface area contributed by atoms with Crippen LogP contribution in [0.2, 0.25) is 5.02 Å². The van der Waals surface area contributed by atoms with E-state index >= 15 is 0 Å². The van der Waals surface area contributed by atoms with Crippen LogP contribution in [0.1, 0.15) is 24.2 Å². The molecule has 1 N–H and O–H groups in total. The third-order valence-electron chi connectivity index (χ3n) is 2.74. The highest BCUT2D eigenvalue weighted by Gasteiger charge is 2.05. The number of hydrogen-bond donors (Lipinski definition) is 1. The Bertz CT molecular complexity index is 624. The Labute approximate surface area is 124 Å². The van der Waals surface area contributed by atoms with Crippen molar-refractivity contribution in [1.29, 1.82) is 0 Å². The minimum atomic E-state index is -0.542. The van der Waals surface area contributed by atoms with E-state index in [0.717, 1.165) is 11.1 Å². The van der Waals surface area contributed by atoms with Gasteiger partial charge in [0.25, 0.3) is 0 Å². The number of aliphatic hydroxyl groups excluding tert-OH is 1. The Hall–Kier alpha value is -1.95. The normalized spacial score (nSPS) is 11.3. The molecule has 0 aromatic heterocycles. The van der Waals surface area contributed by atoms with Gasteiger partial charge in [-0.25, -0.2) is 0 Å². The number of halogens is 1. The standard InChI is InChI=1S/C17H15ClO2/c1-13(19)15-9-10-17(16(18)12-15)20-11-5-8-14-6-3-2-4-7-14/h2-4,6-7,9-10,12-13,19H,11H2,1H3. The molecule has 1 unspecified atom stereocenters. The minimum Gasteiger partial charge on any atom is -0.479 e. The second-order valence-corrected chi connectivity index (χ2v) is 4.73. The summed E-state index contributed by atoms with van der Waals surface area (Å²) in [6.07, 6.45) is -0.542. The molecule has 0 amide bonds. The molecule has 2 aromatic rings. The maximum Gasteiger partial charge on any atom is 0.149 e. The molecule has 0 saturated carbocycles. The van der Waals surface area contributed by atoms with Crippen LogP contribution in [0.3, 0.4) is 0 Å². The lowest BCUT2D eigenvalue weighted by Gasteiger charge is -2.08. The van der Waals surface area contributed by atoms with Gasteiger partial charge >= 0.3 is 0 Å². The van der Waals surface area contributed by atoms with Gasteiger partial charge in [-0.1, -0.05) is 47.7 Å². The van der Waals surface area contributed by atoms with Crippen molar-refractivity contribution in [1.82, 2.24) is 0 Å². The molecule has 102 valence electrons. The highest BCUT2D eigenvalue weighted by molar-refractivity contribution is 6.32. The molecule has 2 rings (SSSR count). The summed E-state index contributed by atoms with van der Waals surface area (Å²) in [7, 11) is 0. The summed E-state index contributed by atoms with van der Waals surface area (Å²) in [5, 5.41) is 9.93. The van der Waals surface area contributed by atoms with Crippen molar-refractivity contribution in [2.24, 2.45) is 0 Å². The Kier molecular flexibility index (Phi) is 5.06. The number of rotatable bonds is 3. The van der Waals surface area contributed by atoms with E-state index in [1.54, 1.807) is 25.1 Å². The minimum absolute atomic E-state index is 0.267. The zero-order valence-corrected chi connectivity index (χ0v) is 11.9. The molecule has 0 bridgehead atoms. The van der Waals surface area contributed by atoms with E-state index in [4.69, 9.17) is 16.3 Å². The average molecular weight is 287 g/mol. The summed E-state index contributed by atoms with van der Waals surface area (Å²) in [4.78, 5) is 0. The zero-order chi connectivity index (χ0) is 14.4. The van der Waals surface area contributed by atoms with Crippen molar-refractivity contribution in [2.75, 3.05) is 6.61 Å². The van der Waals surface area contributed by atoms with E-state index in [9.17, 15) is 5.11 Å². The van der Waals surface area contributed by atoms with Gasteiger partial charge in [0.2, 0.25) is 0 Å². The van der Waals surface area contributed by atoms with Crippen molar-refractivity contribution in [3.63, 3.8) is 0 Å². The highest BCUT2D eigenvalue weighted by atomic mass is 35.5. The Balaban J connectivity index is 1.97. The van der Waals surface area contributed by atoms with Crippen LogP contribution in [0.15, 0.2) is 48.5 Å². The fourth-order valence-electron chi connectivity index (χ4n) is 1.67. The second-order valence-electron chi connectivity index (χ2n) is 4.32. The predicted molar refractivity (Wildman–Crippen MR) is 80.9 cm³/mol. The van der Waals surface area contributed by atoms with E-state index in [1.165, 1.54) is 0 Å². The van der Waals surface area contributed by atoms with Gasteiger partial charge in [0.1, 0.15) is 12.4 Å². The van der Waals surface area contributed by atoms with Crippen LogP contribution in [0.5, 0.6) is 5.75 Å². The molecule has 0 saturated heterocycles. The molecule has 0 spiro atoms. The van der Waals surface area contributed by atoms with Crippen LogP contribution >= 0.6 is 11.6 Å². The molecule has 0 radical (unpaired) electrons. The van der Waals surface area contributed by atoms with Crippen LogP contribution < -0.4 is 4.74 Å². The van der Waals surface area contributed by atoms with Gasteiger partial charge in [-0.15, -0.1) is 0 Å². The molecule has 20 heavy (non-hydrogen) atoms. The lowest BCUT2D eigenvalue weighted by Crippen LogP contribution is -1.96. The third-order valence-corrected chi connectivity index (χ3v) is 3.04. The smallest absolute Gasteiger partial charge is 0.149 e. The lowest BCUT2D eigenvalue weighted by atomic mass is 10.1. The van der Waals surface area contributed by atoms with E-state index in [1.807, 2.05) is 30.3 Å². The van der Waals surface area contributed by atoms with Crippen LogP contribution in [0.25, 0.3) is 0 Å². The van der Waals surface area contributed by atoms with Gasteiger partial charge in [0.15, 0.2) is 0 Å². The molecule has 0 aliphatic rings. The molecule has 0 aliphatic heterocycles. The zero-order valence-electron chi connectivity index (χ0n) is 11.1. The van der Waals surface area contributed by atoms with Gasteiger partial charge in [-0.3, -0.25) is 0 Å². The fourth-order valence-corrected chi connectivity index (χ4v) is 1.91. The molecule has 3 heteroatoms. The van der Waals surface area contributed by atoms with Gasteiger partial charge in [0.05, 0.1) is 11.1 Å². The SMILES string of the molecule is CC(O)c1ccc(OCC#Cc2ccccc2)c(Cl)c1. The first kappa shape index (κ1) is 14.5. The van der Waals surface area contributed by atoms with E-state index in [2.05, 4.69) is 11.8 Å². The summed E-state index contributed by atoms with van der Waals surface area (Å²) in [5.41, 5.74) is 1.71. The van der Waals surface area contributed by atoms with Gasteiger partial charge in [-0.05, 0) is 36.8 Å². The summed E-state index contributed by atoms with van der Waals surface area (Å²) >= 11 is 6.09. The number of ether oxygens (including phenoxy) is 1. The predicted octanol–water partition coefficient (Wildman–Crippen LogP) is 3.82. The molecule has 2 aromatic carbocycles. The molecule has 1 atom stereocenters. The summed E-state index contributed by atoms with van der Waals surface area (Å²) in [6, 6.07) is 14.9. The van der Waals surface area contributed by atoms with Crippen molar-refractivity contribution in [3.8, 4) is 17.6 Å².